The molecule has 3 rings (SSSR count). The lowest BCUT2D eigenvalue weighted by atomic mass is 10.2. The molecule has 0 unspecified atom stereocenters. The number of anilines is 3. The molecule has 7 heteroatoms. The molecule has 0 radical (unpaired) electrons. The fourth-order valence-electron chi connectivity index (χ4n) is 1.98. The van der Waals surface area contributed by atoms with Gasteiger partial charge in [0.15, 0.2) is 0 Å². The van der Waals surface area contributed by atoms with Crippen molar-refractivity contribution in [3.8, 4) is 11.5 Å². The van der Waals surface area contributed by atoms with Crippen LogP contribution in [-0.2, 0) is 0 Å². The maximum absolute atomic E-state index is 5.78. The molecule has 3 aromatic rings. The first-order valence-corrected chi connectivity index (χ1v) is 7.21. The van der Waals surface area contributed by atoms with Crippen molar-refractivity contribution >= 4 is 23.8 Å². The molecule has 120 valence electrons. The maximum atomic E-state index is 5.78. The van der Waals surface area contributed by atoms with Crippen molar-refractivity contribution in [2.75, 3.05) is 16.9 Å². The van der Waals surface area contributed by atoms with E-state index >= 15 is 0 Å². The molecule has 7 nitrogen and oxygen atoms in total. The number of nitrogens with zero attached hydrogens (tertiary/aromatic N) is 3. The first-order valence-electron chi connectivity index (χ1n) is 7.21. The van der Waals surface area contributed by atoms with Crippen LogP contribution < -0.4 is 21.6 Å². The van der Waals surface area contributed by atoms with Crippen LogP contribution >= 0.6 is 0 Å². The molecule has 0 bridgehead atoms. The lowest BCUT2D eigenvalue weighted by Crippen LogP contribution is -2.03. The van der Waals surface area contributed by atoms with E-state index in [0.717, 1.165) is 17.1 Å². The van der Waals surface area contributed by atoms with Gasteiger partial charge in [-0.3, -0.25) is 0 Å². The molecular formula is C17H16N6O. The number of nitrogen functional groups attached to an aromatic ring is 2. The summed E-state index contributed by atoms with van der Waals surface area (Å²) in [5.41, 5.74) is 14.7. The van der Waals surface area contributed by atoms with Gasteiger partial charge in [-0.05, 0) is 29.8 Å². The Balaban J connectivity index is 1.68. The number of hydrogen-bond donors (Lipinski definition) is 3. The van der Waals surface area contributed by atoms with Gasteiger partial charge in [0.2, 0.25) is 5.95 Å². The van der Waals surface area contributed by atoms with Gasteiger partial charge in [-0.1, -0.05) is 30.3 Å². The number of rotatable bonds is 5. The first-order chi connectivity index (χ1) is 11.7. The van der Waals surface area contributed by atoms with Crippen molar-refractivity contribution in [2.24, 2.45) is 5.10 Å². The van der Waals surface area contributed by atoms with E-state index in [9.17, 15) is 0 Å². The minimum absolute atomic E-state index is 0.237. The predicted octanol–water partition coefficient (Wildman–Crippen LogP) is 2.88. The largest absolute Gasteiger partial charge is 0.457 e. The molecule has 1 aromatic heterocycles. The Morgan fingerprint density at radius 2 is 1.58 bits per heavy atom. The maximum Gasteiger partial charge on any atom is 0.247 e. The van der Waals surface area contributed by atoms with Gasteiger partial charge in [-0.15, -0.1) is 0 Å². The van der Waals surface area contributed by atoms with Crippen molar-refractivity contribution in [3.05, 3.63) is 66.2 Å². The van der Waals surface area contributed by atoms with E-state index in [4.69, 9.17) is 16.2 Å². The minimum Gasteiger partial charge on any atom is -0.457 e. The smallest absolute Gasteiger partial charge is 0.247 e. The lowest BCUT2D eigenvalue weighted by Gasteiger charge is -2.05. The van der Waals surface area contributed by atoms with Crippen LogP contribution in [0.3, 0.4) is 0 Å². The van der Waals surface area contributed by atoms with Crippen LogP contribution in [-0.4, -0.2) is 16.2 Å². The highest BCUT2D eigenvalue weighted by Crippen LogP contribution is 2.21. The third kappa shape index (κ3) is 4.20. The van der Waals surface area contributed by atoms with E-state index in [1.54, 1.807) is 6.21 Å². The van der Waals surface area contributed by atoms with Crippen molar-refractivity contribution in [2.45, 2.75) is 0 Å². The Morgan fingerprint density at radius 1 is 0.875 bits per heavy atom. The first kappa shape index (κ1) is 15.3. The van der Waals surface area contributed by atoms with Crippen LogP contribution in [0.25, 0.3) is 0 Å². The standard InChI is InChI=1S/C17H16N6O/c18-15-10-16(19)22-17(21-15)23-20-11-12-5-4-8-14(9-12)24-13-6-2-1-3-7-13/h1-11H,(H5,18,19,21,22,23)/b20-11+. The summed E-state index contributed by atoms with van der Waals surface area (Å²) in [6.07, 6.45) is 1.63. The summed E-state index contributed by atoms with van der Waals surface area (Å²) in [6.45, 7) is 0. The Bertz CT molecular complexity index is 830. The van der Waals surface area contributed by atoms with Crippen molar-refractivity contribution in [1.29, 1.82) is 0 Å². The Labute approximate surface area is 139 Å². The molecule has 2 aromatic carbocycles. The molecule has 0 aliphatic carbocycles. The predicted molar refractivity (Wildman–Crippen MR) is 95.0 cm³/mol. The van der Waals surface area contributed by atoms with Crippen LogP contribution in [0.5, 0.6) is 11.5 Å². The van der Waals surface area contributed by atoms with Gasteiger partial charge in [-0.2, -0.15) is 15.1 Å². The molecule has 0 saturated carbocycles. The van der Waals surface area contributed by atoms with Gasteiger partial charge in [0.05, 0.1) is 6.21 Å². The van der Waals surface area contributed by atoms with Crippen LogP contribution in [0.4, 0.5) is 17.6 Å². The SMILES string of the molecule is Nc1cc(N)nc(N/N=C/c2cccc(Oc3ccccc3)c2)n1. The fraction of sp³-hybridized carbons (Fsp3) is 0. The van der Waals surface area contributed by atoms with Gasteiger partial charge in [-0.25, -0.2) is 5.43 Å². The number of benzene rings is 2. The van der Waals surface area contributed by atoms with Gasteiger partial charge < -0.3 is 16.2 Å². The van der Waals surface area contributed by atoms with Crippen LogP contribution in [0, 0.1) is 0 Å². The van der Waals surface area contributed by atoms with E-state index in [2.05, 4.69) is 20.5 Å². The molecule has 1 heterocycles. The quantitative estimate of drug-likeness (QED) is 0.492. The zero-order valence-electron chi connectivity index (χ0n) is 12.8. The summed E-state index contributed by atoms with van der Waals surface area (Å²) >= 11 is 0. The molecule has 0 saturated heterocycles. The molecule has 0 amide bonds. The second kappa shape index (κ2) is 7.10. The van der Waals surface area contributed by atoms with Gasteiger partial charge >= 0.3 is 0 Å². The summed E-state index contributed by atoms with van der Waals surface area (Å²) in [5.74, 6) is 2.28. The average molecular weight is 320 g/mol. The zero-order chi connectivity index (χ0) is 16.8. The number of nitrogens with one attached hydrogen (secondary N) is 1. The fourth-order valence-corrected chi connectivity index (χ4v) is 1.98. The van der Waals surface area contributed by atoms with E-state index < -0.39 is 0 Å². The van der Waals surface area contributed by atoms with E-state index in [1.807, 2.05) is 54.6 Å². The van der Waals surface area contributed by atoms with Crippen molar-refractivity contribution in [3.63, 3.8) is 0 Å². The summed E-state index contributed by atoms with van der Waals surface area (Å²) < 4.78 is 5.78. The number of ether oxygens (including phenoxy) is 1. The second-order valence-corrected chi connectivity index (χ2v) is 4.90. The number of nitrogens with two attached hydrogens (primary N) is 2. The molecule has 0 spiro atoms. The highest BCUT2D eigenvalue weighted by atomic mass is 16.5. The Morgan fingerprint density at radius 3 is 2.33 bits per heavy atom. The normalized spacial score (nSPS) is 10.7. The number of hydrazone groups is 1. The van der Waals surface area contributed by atoms with Crippen LogP contribution in [0.2, 0.25) is 0 Å². The van der Waals surface area contributed by atoms with E-state index in [0.29, 0.717) is 0 Å². The van der Waals surface area contributed by atoms with E-state index in [-0.39, 0.29) is 17.6 Å². The molecule has 5 N–H and O–H groups in total. The van der Waals surface area contributed by atoms with Gasteiger partial charge in [0.25, 0.3) is 0 Å². The zero-order valence-corrected chi connectivity index (χ0v) is 12.8. The highest BCUT2D eigenvalue weighted by Gasteiger charge is 1.99. The third-order valence-electron chi connectivity index (χ3n) is 2.98. The summed E-state index contributed by atoms with van der Waals surface area (Å²) in [6, 6.07) is 18.6. The minimum atomic E-state index is 0.237. The molecular weight excluding hydrogens is 304 g/mol. The Hall–Kier alpha value is -3.61. The molecule has 0 atom stereocenters. The van der Waals surface area contributed by atoms with Crippen LogP contribution in [0.1, 0.15) is 5.56 Å². The third-order valence-corrected chi connectivity index (χ3v) is 2.98. The van der Waals surface area contributed by atoms with E-state index in [1.165, 1.54) is 6.07 Å². The molecule has 24 heavy (non-hydrogen) atoms. The number of aromatic nitrogens is 2. The Kier molecular flexibility index (Phi) is 4.52. The van der Waals surface area contributed by atoms with Gasteiger partial charge in [0, 0.05) is 6.07 Å². The summed E-state index contributed by atoms with van der Waals surface area (Å²) in [5, 5.41) is 4.08. The van der Waals surface area contributed by atoms with Crippen LogP contribution in [0.15, 0.2) is 65.8 Å². The highest BCUT2D eigenvalue weighted by molar-refractivity contribution is 5.80. The molecule has 0 aliphatic rings. The topological polar surface area (TPSA) is 111 Å². The molecule has 0 fully saturated rings. The van der Waals surface area contributed by atoms with Gasteiger partial charge in [0.1, 0.15) is 23.1 Å². The average Bonchev–Trinajstić information content (AvgIpc) is 2.55. The summed E-state index contributed by atoms with van der Waals surface area (Å²) in [4.78, 5) is 7.95. The number of hydrogen-bond acceptors (Lipinski definition) is 7. The molecule has 0 aliphatic heterocycles. The second-order valence-electron chi connectivity index (χ2n) is 4.90. The summed E-state index contributed by atoms with van der Waals surface area (Å²) in [7, 11) is 0. The lowest BCUT2D eigenvalue weighted by molar-refractivity contribution is 0.482. The monoisotopic (exact) mass is 320 g/mol. The number of para-hydroxylation sites is 1. The van der Waals surface area contributed by atoms with Crippen molar-refractivity contribution in [1.82, 2.24) is 9.97 Å². The van der Waals surface area contributed by atoms with Crippen molar-refractivity contribution < 1.29 is 4.74 Å².